The molecule has 176 valence electrons. The van der Waals surface area contributed by atoms with E-state index in [2.05, 4.69) is 11.9 Å². The van der Waals surface area contributed by atoms with Crippen LogP contribution in [0.3, 0.4) is 0 Å². The fourth-order valence-electron chi connectivity index (χ4n) is 4.28. The standard InChI is InChI=1S/C26H27N3O5/c1-17-5-10-22(25(31)27-17)29-14-21-20(26(29)32)3-2-4-23(21)34-15-19-8-6-18(7-9-19)13-28-11-12-33-16-24(28)30/h2-4,6-9,22H,1,5,10-16H2,(H,27,31)/i6D,7D,8D,13D. The number of hydrogen-bond acceptors (Lipinski definition) is 5. The first-order valence-electron chi connectivity index (χ1n) is 13.2. The molecule has 0 bridgehead atoms. The second-order valence-electron chi connectivity index (χ2n) is 8.40. The average molecular weight is 466 g/mol. The largest absolute Gasteiger partial charge is 0.489 e. The van der Waals surface area contributed by atoms with Gasteiger partial charge in [0.25, 0.3) is 5.91 Å². The number of rotatable bonds is 6. The lowest BCUT2D eigenvalue weighted by molar-refractivity contribution is -0.143. The molecule has 3 amide bonds. The second-order valence-corrected chi connectivity index (χ2v) is 8.40. The minimum absolute atomic E-state index is 0.0238. The summed E-state index contributed by atoms with van der Waals surface area (Å²) in [6.45, 7) is 2.85. The first-order chi connectivity index (χ1) is 18.2. The van der Waals surface area contributed by atoms with Gasteiger partial charge >= 0.3 is 0 Å². The molecule has 0 aromatic heterocycles. The van der Waals surface area contributed by atoms with E-state index in [-0.39, 0.29) is 74.0 Å². The van der Waals surface area contributed by atoms with Gasteiger partial charge in [-0.2, -0.15) is 0 Å². The first-order valence-corrected chi connectivity index (χ1v) is 11.1. The molecular weight excluding hydrogens is 434 g/mol. The summed E-state index contributed by atoms with van der Waals surface area (Å²) < 4.78 is 44.9. The topological polar surface area (TPSA) is 88.2 Å². The Labute approximate surface area is 203 Å². The maximum absolute atomic E-state index is 13.1. The molecule has 8 nitrogen and oxygen atoms in total. The van der Waals surface area contributed by atoms with Crippen LogP contribution < -0.4 is 10.1 Å². The number of carbonyl (C=O) groups excluding carboxylic acids is 3. The second kappa shape index (κ2) is 9.30. The van der Waals surface area contributed by atoms with Crippen molar-refractivity contribution in [3.63, 3.8) is 0 Å². The Hall–Kier alpha value is -3.65. The highest BCUT2D eigenvalue weighted by Gasteiger charge is 2.39. The molecular formula is C26H27N3O5. The fraction of sp³-hybridized carbons (Fsp3) is 0.346. The van der Waals surface area contributed by atoms with Crippen LogP contribution in [0.25, 0.3) is 0 Å². The summed E-state index contributed by atoms with van der Waals surface area (Å²) in [6.07, 6.45) is 1.08. The summed E-state index contributed by atoms with van der Waals surface area (Å²) in [5, 5.41) is 2.71. The molecule has 2 aromatic rings. The summed E-state index contributed by atoms with van der Waals surface area (Å²) in [5.41, 5.74) is 1.95. The van der Waals surface area contributed by atoms with Crippen LogP contribution in [-0.2, 0) is 34.0 Å². The molecule has 0 spiro atoms. The van der Waals surface area contributed by atoms with Gasteiger partial charge in [0, 0.05) is 29.9 Å². The maximum Gasteiger partial charge on any atom is 0.255 e. The molecule has 1 N–H and O–H groups in total. The molecule has 2 atom stereocenters. The molecule has 34 heavy (non-hydrogen) atoms. The van der Waals surface area contributed by atoms with Crippen molar-refractivity contribution in [2.45, 2.75) is 38.6 Å². The number of amides is 3. The van der Waals surface area contributed by atoms with Crippen molar-refractivity contribution in [1.82, 2.24) is 15.1 Å². The van der Waals surface area contributed by atoms with E-state index in [9.17, 15) is 14.4 Å². The van der Waals surface area contributed by atoms with Gasteiger partial charge in [-0.25, -0.2) is 0 Å². The molecule has 0 aliphatic carbocycles. The van der Waals surface area contributed by atoms with Gasteiger partial charge in [0.05, 0.1) is 18.6 Å². The van der Waals surface area contributed by atoms with Gasteiger partial charge < -0.3 is 24.6 Å². The fourth-order valence-corrected chi connectivity index (χ4v) is 4.28. The normalized spacial score (nSPS) is 23.0. The molecule has 3 aliphatic heterocycles. The van der Waals surface area contributed by atoms with Gasteiger partial charge in [-0.1, -0.05) is 36.8 Å². The number of nitrogens with one attached hydrogen (secondary N) is 1. The van der Waals surface area contributed by atoms with Gasteiger partial charge in [0.2, 0.25) is 11.8 Å². The van der Waals surface area contributed by atoms with Gasteiger partial charge in [0.1, 0.15) is 25.0 Å². The molecule has 0 radical (unpaired) electrons. The third kappa shape index (κ3) is 4.41. The van der Waals surface area contributed by atoms with Gasteiger partial charge in [0.15, 0.2) is 0 Å². The highest BCUT2D eigenvalue weighted by Crippen LogP contribution is 2.34. The predicted molar refractivity (Wildman–Crippen MR) is 124 cm³/mol. The van der Waals surface area contributed by atoms with Gasteiger partial charge in [-0.05, 0) is 36.1 Å². The zero-order chi connectivity index (χ0) is 27.1. The molecule has 2 unspecified atom stereocenters. The van der Waals surface area contributed by atoms with E-state index < -0.39 is 18.5 Å². The number of hydrogen-bond donors (Lipinski definition) is 1. The SMILES string of the molecule is [2H]c1cc(COc2cccc3c2CN(C2CCC(=C)NC2=O)C3=O)c([2H])c([2H])c1C([2H])N1CCOCC1=O. The number of carbonyl (C=O) groups is 3. The van der Waals surface area contributed by atoms with Crippen molar-refractivity contribution in [2.24, 2.45) is 0 Å². The van der Waals surface area contributed by atoms with E-state index in [1.165, 1.54) is 15.9 Å². The number of fused-ring (bicyclic) bond motifs is 1. The van der Waals surface area contributed by atoms with Crippen LogP contribution in [0.1, 0.15) is 45.4 Å². The van der Waals surface area contributed by atoms with Crippen LogP contribution in [0.5, 0.6) is 5.75 Å². The Morgan fingerprint density at radius 3 is 2.88 bits per heavy atom. The summed E-state index contributed by atoms with van der Waals surface area (Å²) in [6, 6.07) is 5.20. The Kier molecular flexibility index (Phi) is 4.86. The Balaban J connectivity index is 1.35. The number of nitrogens with zero attached hydrogens (tertiary/aromatic N) is 2. The summed E-state index contributed by atoms with van der Waals surface area (Å²) in [7, 11) is 0. The first kappa shape index (κ1) is 17.8. The lowest BCUT2D eigenvalue weighted by atomic mass is 10.0. The van der Waals surface area contributed by atoms with Crippen molar-refractivity contribution >= 4 is 17.7 Å². The van der Waals surface area contributed by atoms with Crippen molar-refractivity contribution in [3.8, 4) is 5.75 Å². The lowest BCUT2D eigenvalue weighted by Gasteiger charge is -2.31. The Morgan fingerprint density at radius 2 is 2.06 bits per heavy atom. The van der Waals surface area contributed by atoms with E-state index in [1.807, 2.05) is 0 Å². The molecule has 2 fully saturated rings. The molecule has 3 heterocycles. The highest BCUT2D eigenvalue weighted by molar-refractivity contribution is 6.02. The van der Waals surface area contributed by atoms with Crippen molar-refractivity contribution in [1.29, 1.82) is 0 Å². The van der Waals surface area contributed by atoms with Crippen LogP contribution >= 0.6 is 0 Å². The van der Waals surface area contributed by atoms with Crippen molar-refractivity contribution in [2.75, 3.05) is 19.8 Å². The third-order valence-corrected chi connectivity index (χ3v) is 6.10. The van der Waals surface area contributed by atoms with Crippen LogP contribution in [0, 0.1) is 0 Å². The molecule has 2 aromatic carbocycles. The number of piperidine rings is 1. The molecule has 0 saturated carbocycles. The van der Waals surface area contributed by atoms with Gasteiger partial charge in [-0.15, -0.1) is 0 Å². The van der Waals surface area contributed by atoms with Crippen LogP contribution in [0.15, 0.2) is 54.7 Å². The number of benzene rings is 2. The van der Waals surface area contributed by atoms with Crippen molar-refractivity contribution < 1.29 is 29.3 Å². The average Bonchev–Trinajstić information content (AvgIpc) is 3.22. The Bertz CT molecular complexity index is 1350. The number of allylic oxidation sites excluding steroid dienone is 1. The maximum atomic E-state index is 13.1. The summed E-state index contributed by atoms with van der Waals surface area (Å²) in [4.78, 5) is 40.5. The number of ether oxygens (including phenoxy) is 2. The predicted octanol–water partition coefficient (Wildman–Crippen LogP) is 2.37. The highest BCUT2D eigenvalue weighted by atomic mass is 16.5. The van der Waals surface area contributed by atoms with Crippen LogP contribution in [-0.4, -0.2) is 53.3 Å². The Morgan fingerprint density at radius 1 is 1.21 bits per heavy atom. The van der Waals surface area contributed by atoms with E-state index in [0.717, 1.165) is 0 Å². The molecule has 2 saturated heterocycles. The lowest BCUT2D eigenvalue weighted by Crippen LogP contribution is -2.49. The monoisotopic (exact) mass is 465 g/mol. The van der Waals surface area contributed by atoms with Gasteiger partial charge in [-0.3, -0.25) is 14.4 Å². The van der Waals surface area contributed by atoms with E-state index in [4.69, 9.17) is 15.0 Å². The summed E-state index contributed by atoms with van der Waals surface area (Å²) in [5.74, 6) is -0.505. The van der Waals surface area contributed by atoms with E-state index in [1.54, 1.807) is 18.2 Å². The smallest absolute Gasteiger partial charge is 0.255 e. The zero-order valence-electron chi connectivity index (χ0n) is 22.6. The van der Waals surface area contributed by atoms with Crippen LogP contribution in [0.2, 0.25) is 0 Å². The molecule has 3 aliphatic rings. The van der Waals surface area contributed by atoms with Crippen molar-refractivity contribution in [3.05, 3.63) is 76.9 Å². The third-order valence-electron chi connectivity index (χ3n) is 6.10. The van der Waals surface area contributed by atoms with Crippen LogP contribution in [0.4, 0.5) is 0 Å². The minimum atomic E-state index is -1.28. The molecule has 8 heteroatoms. The van der Waals surface area contributed by atoms with E-state index >= 15 is 0 Å². The molecule has 5 rings (SSSR count). The quantitative estimate of drug-likeness (QED) is 0.708. The number of morpholine rings is 1. The van der Waals surface area contributed by atoms with E-state index in [0.29, 0.717) is 35.4 Å². The minimum Gasteiger partial charge on any atom is -0.489 e. The zero-order valence-corrected chi connectivity index (χ0v) is 18.6. The summed E-state index contributed by atoms with van der Waals surface area (Å²) >= 11 is 0.